The van der Waals surface area contributed by atoms with E-state index in [1.807, 2.05) is 24.3 Å². The standard InChI is InChI=1S/C15H19NO3/c17-15(19-11-6-9-18-10-7-11)13-5-8-16-14-4-2-1-3-12(13)14/h1-4,11,13,16H,5-10H2. The summed E-state index contributed by atoms with van der Waals surface area (Å²) in [5, 5.41) is 3.32. The van der Waals surface area contributed by atoms with Crippen LogP contribution in [-0.4, -0.2) is 31.8 Å². The Bertz CT molecular complexity index is 454. The van der Waals surface area contributed by atoms with Crippen molar-refractivity contribution in [3.63, 3.8) is 0 Å². The van der Waals surface area contributed by atoms with Crippen molar-refractivity contribution in [3.05, 3.63) is 29.8 Å². The summed E-state index contributed by atoms with van der Waals surface area (Å²) in [5.74, 6) is -0.207. The van der Waals surface area contributed by atoms with Crippen molar-refractivity contribution in [2.45, 2.75) is 31.3 Å². The van der Waals surface area contributed by atoms with Gasteiger partial charge < -0.3 is 14.8 Å². The molecule has 4 nitrogen and oxygen atoms in total. The Morgan fingerprint density at radius 2 is 2.00 bits per heavy atom. The van der Waals surface area contributed by atoms with Gasteiger partial charge in [0.1, 0.15) is 6.10 Å². The van der Waals surface area contributed by atoms with E-state index in [4.69, 9.17) is 9.47 Å². The summed E-state index contributed by atoms with van der Waals surface area (Å²) in [6.07, 6.45) is 2.47. The zero-order chi connectivity index (χ0) is 13.1. The zero-order valence-corrected chi connectivity index (χ0v) is 10.9. The van der Waals surface area contributed by atoms with Gasteiger partial charge in [-0.15, -0.1) is 0 Å². The number of ether oxygens (including phenoxy) is 2. The van der Waals surface area contributed by atoms with Gasteiger partial charge in [0.05, 0.1) is 19.1 Å². The lowest BCUT2D eigenvalue weighted by Crippen LogP contribution is -2.31. The van der Waals surface area contributed by atoms with E-state index in [0.717, 1.165) is 37.1 Å². The Labute approximate surface area is 113 Å². The lowest BCUT2D eigenvalue weighted by atomic mass is 9.91. The summed E-state index contributed by atoms with van der Waals surface area (Å²) >= 11 is 0. The smallest absolute Gasteiger partial charge is 0.313 e. The number of nitrogens with one attached hydrogen (secondary N) is 1. The van der Waals surface area contributed by atoms with Crippen molar-refractivity contribution in [2.75, 3.05) is 25.1 Å². The van der Waals surface area contributed by atoms with Gasteiger partial charge in [-0.3, -0.25) is 4.79 Å². The van der Waals surface area contributed by atoms with E-state index in [-0.39, 0.29) is 18.0 Å². The van der Waals surface area contributed by atoms with E-state index in [0.29, 0.717) is 13.2 Å². The minimum Gasteiger partial charge on any atom is -0.462 e. The number of para-hydroxylation sites is 1. The van der Waals surface area contributed by atoms with Crippen LogP contribution in [0.5, 0.6) is 0 Å². The Morgan fingerprint density at radius 1 is 1.21 bits per heavy atom. The molecular formula is C15H19NO3. The predicted molar refractivity (Wildman–Crippen MR) is 72.2 cm³/mol. The van der Waals surface area contributed by atoms with Gasteiger partial charge in [-0.1, -0.05) is 18.2 Å². The van der Waals surface area contributed by atoms with Crippen molar-refractivity contribution in [2.24, 2.45) is 0 Å². The first-order chi connectivity index (χ1) is 9.34. The van der Waals surface area contributed by atoms with Gasteiger partial charge in [0.2, 0.25) is 0 Å². The SMILES string of the molecule is O=C(OC1CCOCC1)C1CCNc2ccccc21. The summed E-state index contributed by atoms with van der Waals surface area (Å²) in [6, 6.07) is 7.99. The molecule has 1 N–H and O–H groups in total. The molecule has 0 aromatic heterocycles. The van der Waals surface area contributed by atoms with Crippen LogP contribution >= 0.6 is 0 Å². The maximum Gasteiger partial charge on any atom is 0.313 e. The van der Waals surface area contributed by atoms with Crippen LogP contribution < -0.4 is 5.32 Å². The second-order valence-corrected chi connectivity index (χ2v) is 5.10. The Hall–Kier alpha value is -1.55. The quantitative estimate of drug-likeness (QED) is 0.830. The normalized spacial score (nSPS) is 23.3. The highest BCUT2D eigenvalue weighted by molar-refractivity contribution is 5.81. The van der Waals surface area contributed by atoms with Crippen molar-refractivity contribution in [1.29, 1.82) is 0 Å². The summed E-state index contributed by atoms with van der Waals surface area (Å²) in [5.41, 5.74) is 2.12. The molecule has 1 unspecified atom stereocenters. The first kappa shape index (κ1) is 12.5. The maximum absolute atomic E-state index is 12.3. The van der Waals surface area contributed by atoms with Crippen molar-refractivity contribution < 1.29 is 14.3 Å². The molecule has 102 valence electrons. The lowest BCUT2D eigenvalue weighted by molar-refractivity contribution is -0.155. The summed E-state index contributed by atoms with van der Waals surface area (Å²) in [4.78, 5) is 12.3. The van der Waals surface area contributed by atoms with Crippen LogP contribution in [0.3, 0.4) is 0 Å². The first-order valence-corrected chi connectivity index (χ1v) is 6.95. The highest BCUT2D eigenvalue weighted by atomic mass is 16.6. The number of carbonyl (C=O) groups excluding carboxylic acids is 1. The molecule has 0 amide bonds. The molecule has 2 aliphatic rings. The van der Waals surface area contributed by atoms with Gasteiger partial charge in [-0.2, -0.15) is 0 Å². The molecule has 0 saturated carbocycles. The molecule has 0 bridgehead atoms. The molecule has 1 saturated heterocycles. The summed E-state index contributed by atoms with van der Waals surface area (Å²) in [7, 11) is 0. The number of esters is 1. The number of hydrogen-bond donors (Lipinski definition) is 1. The molecule has 4 heteroatoms. The number of anilines is 1. The molecule has 19 heavy (non-hydrogen) atoms. The highest BCUT2D eigenvalue weighted by Crippen LogP contribution is 2.32. The van der Waals surface area contributed by atoms with E-state index in [1.54, 1.807) is 0 Å². The molecule has 1 atom stereocenters. The van der Waals surface area contributed by atoms with E-state index in [9.17, 15) is 4.79 Å². The molecular weight excluding hydrogens is 242 g/mol. The average Bonchev–Trinajstić information content (AvgIpc) is 2.47. The largest absolute Gasteiger partial charge is 0.462 e. The highest BCUT2D eigenvalue weighted by Gasteiger charge is 2.29. The van der Waals surface area contributed by atoms with Crippen LogP contribution in [0.1, 0.15) is 30.7 Å². The van der Waals surface area contributed by atoms with Crippen molar-refractivity contribution in [1.82, 2.24) is 0 Å². The molecule has 2 heterocycles. The number of benzene rings is 1. The number of carbonyl (C=O) groups is 1. The average molecular weight is 261 g/mol. The molecule has 1 fully saturated rings. The van der Waals surface area contributed by atoms with Crippen LogP contribution in [0.15, 0.2) is 24.3 Å². The summed E-state index contributed by atoms with van der Waals surface area (Å²) < 4.78 is 10.9. The first-order valence-electron chi connectivity index (χ1n) is 6.95. The zero-order valence-electron chi connectivity index (χ0n) is 10.9. The fraction of sp³-hybridized carbons (Fsp3) is 0.533. The minimum atomic E-state index is -0.125. The summed E-state index contributed by atoms with van der Waals surface area (Å²) in [6.45, 7) is 2.21. The maximum atomic E-state index is 12.3. The van der Waals surface area contributed by atoms with Gasteiger partial charge in [0.15, 0.2) is 0 Å². The lowest BCUT2D eigenvalue weighted by Gasteiger charge is -2.28. The van der Waals surface area contributed by atoms with Gasteiger partial charge in [0, 0.05) is 25.1 Å². The second-order valence-electron chi connectivity index (χ2n) is 5.10. The molecule has 0 aliphatic carbocycles. The third-order valence-electron chi connectivity index (χ3n) is 3.82. The number of rotatable bonds is 2. The van der Waals surface area contributed by atoms with Crippen LogP contribution in [-0.2, 0) is 14.3 Å². The number of fused-ring (bicyclic) bond motifs is 1. The van der Waals surface area contributed by atoms with Gasteiger partial charge in [-0.25, -0.2) is 0 Å². The van der Waals surface area contributed by atoms with Crippen molar-refractivity contribution in [3.8, 4) is 0 Å². The van der Waals surface area contributed by atoms with E-state index in [2.05, 4.69) is 5.32 Å². The van der Waals surface area contributed by atoms with Crippen LogP contribution in [0.2, 0.25) is 0 Å². The monoisotopic (exact) mass is 261 g/mol. The van der Waals surface area contributed by atoms with Crippen molar-refractivity contribution >= 4 is 11.7 Å². The minimum absolute atomic E-state index is 0.0308. The molecule has 1 aromatic carbocycles. The molecule has 1 aromatic rings. The Balaban J connectivity index is 1.70. The van der Waals surface area contributed by atoms with Crippen LogP contribution in [0, 0.1) is 0 Å². The second kappa shape index (κ2) is 5.61. The van der Waals surface area contributed by atoms with E-state index >= 15 is 0 Å². The fourth-order valence-electron chi connectivity index (χ4n) is 2.75. The third-order valence-corrected chi connectivity index (χ3v) is 3.82. The number of hydrogen-bond acceptors (Lipinski definition) is 4. The molecule has 0 spiro atoms. The van der Waals surface area contributed by atoms with Crippen LogP contribution in [0.25, 0.3) is 0 Å². The Morgan fingerprint density at radius 3 is 2.84 bits per heavy atom. The van der Waals surface area contributed by atoms with Gasteiger partial charge in [0.25, 0.3) is 0 Å². The molecule has 0 radical (unpaired) electrons. The molecule has 3 rings (SSSR count). The van der Waals surface area contributed by atoms with Gasteiger partial charge >= 0.3 is 5.97 Å². The van der Waals surface area contributed by atoms with Gasteiger partial charge in [-0.05, 0) is 18.1 Å². The predicted octanol–water partition coefficient (Wildman–Crippen LogP) is 2.31. The third kappa shape index (κ3) is 2.73. The fourth-order valence-corrected chi connectivity index (χ4v) is 2.75. The van der Waals surface area contributed by atoms with E-state index in [1.165, 1.54) is 0 Å². The Kier molecular flexibility index (Phi) is 3.69. The topological polar surface area (TPSA) is 47.6 Å². The van der Waals surface area contributed by atoms with E-state index < -0.39 is 0 Å². The molecule has 2 aliphatic heterocycles. The van der Waals surface area contributed by atoms with Crippen LogP contribution in [0.4, 0.5) is 5.69 Å².